The van der Waals surface area contributed by atoms with Crippen molar-refractivity contribution in [1.82, 2.24) is 10.1 Å². The number of aryl methyl sites for hydroxylation is 2. The molecule has 1 unspecified atom stereocenters. The summed E-state index contributed by atoms with van der Waals surface area (Å²) in [7, 11) is 0. The van der Waals surface area contributed by atoms with Crippen molar-refractivity contribution in [3.05, 3.63) is 52.9 Å². The molecule has 1 saturated heterocycles. The third-order valence-electron chi connectivity index (χ3n) is 4.09. The van der Waals surface area contributed by atoms with E-state index in [1.807, 2.05) is 13.8 Å². The molecule has 0 spiro atoms. The van der Waals surface area contributed by atoms with Crippen LogP contribution >= 0.6 is 0 Å². The zero-order chi connectivity index (χ0) is 13.2. The highest BCUT2D eigenvalue weighted by Crippen LogP contribution is 2.33. The largest absolute Gasteiger partial charge is 0.361 e. The third kappa shape index (κ3) is 2.43. The van der Waals surface area contributed by atoms with Gasteiger partial charge in [-0.05, 0) is 38.8 Å². The molecule has 19 heavy (non-hydrogen) atoms. The van der Waals surface area contributed by atoms with Crippen LogP contribution in [0.25, 0.3) is 0 Å². The average Bonchev–Trinajstić information content (AvgIpc) is 3.02. The predicted octanol–water partition coefficient (Wildman–Crippen LogP) is 3.63. The second kappa shape index (κ2) is 5.17. The van der Waals surface area contributed by atoms with Crippen molar-refractivity contribution >= 4 is 0 Å². The highest BCUT2D eigenvalue weighted by Gasteiger charge is 2.27. The van der Waals surface area contributed by atoms with E-state index >= 15 is 0 Å². The minimum absolute atomic E-state index is 0.537. The van der Waals surface area contributed by atoms with Gasteiger partial charge in [-0.15, -0.1) is 0 Å². The quantitative estimate of drug-likeness (QED) is 0.839. The highest BCUT2D eigenvalue weighted by atomic mass is 16.5. The molecule has 1 fully saturated rings. The number of nitrogens with zero attached hydrogens (tertiary/aromatic N) is 2. The van der Waals surface area contributed by atoms with Crippen molar-refractivity contribution < 1.29 is 4.52 Å². The van der Waals surface area contributed by atoms with E-state index in [-0.39, 0.29) is 0 Å². The molecule has 1 aromatic carbocycles. The van der Waals surface area contributed by atoms with E-state index in [1.54, 1.807) is 0 Å². The highest BCUT2D eigenvalue weighted by molar-refractivity contribution is 5.23. The first-order chi connectivity index (χ1) is 9.25. The second-order valence-corrected chi connectivity index (χ2v) is 5.34. The van der Waals surface area contributed by atoms with Crippen LogP contribution in [0.2, 0.25) is 0 Å². The number of aromatic nitrogens is 1. The zero-order valence-corrected chi connectivity index (χ0v) is 11.6. The Morgan fingerprint density at radius 1 is 1.26 bits per heavy atom. The lowest BCUT2D eigenvalue weighted by molar-refractivity contribution is 0.246. The van der Waals surface area contributed by atoms with E-state index in [1.165, 1.54) is 24.0 Å². The summed E-state index contributed by atoms with van der Waals surface area (Å²) >= 11 is 0. The fraction of sp³-hybridized carbons (Fsp3) is 0.438. The maximum atomic E-state index is 5.27. The molecule has 3 rings (SSSR count). The van der Waals surface area contributed by atoms with Crippen molar-refractivity contribution in [2.75, 3.05) is 6.54 Å². The molecule has 1 aromatic heterocycles. The van der Waals surface area contributed by atoms with Crippen molar-refractivity contribution in [1.29, 1.82) is 0 Å². The maximum absolute atomic E-state index is 5.27. The molecule has 0 N–H and O–H groups in total. The molecular formula is C16H20N2O. The van der Waals surface area contributed by atoms with Gasteiger partial charge in [0.2, 0.25) is 0 Å². The summed E-state index contributed by atoms with van der Waals surface area (Å²) in [6.07, 6.45) is 2.51. The number of likely N-dealkylation sites (tertiary alicyclic amines) is 1. The van der Waals surface area contributed by atoms with Crippen molar-refractivity contribution in [2.45, 2.75) is 39.3 Å². The minimum atomic E-state index is 0.537. The Morgan fingerprint density at radius 3 is 2.74 bits per heavy atom. The van der Waals surface area contributed by atoms with Crippen LogP contribution in [0.5, 0.6) is 0 Å². The smallest absolute Gasteiger partial charge is 0.138 e. The summed E-state index contributed by atoms with van der Waals surface area (Å²) in [6.45, 7) is 6.13. The van der Waals surface area contributed by atoms with Crippen LogP contribution in [-0.2, 0) is 6.54 Å². The molecule has 100 valence electrons. The Hall–Kier alpha value is -1.61. The molecule has 1 atom stereocenters. The van der Waals surface area contributed by atoms with E-state index in [0.29, 0.717) is 6.04 Å². The molecule has 0 amide bonds. The third-order valence-corrected chi connectivity index (χ3v) is 4.09. The summed E-state index contributed by atoms with van der Waals surface area (Å²) in [5.74, 6) is 0.955. The first-order valence-electron chi connectivity index (χ1n) is 6.96. The fourth-order valence-corrected chi connectivity index (χ4v) is 3.00. The Morgan fingerprint density at radius 2 is 2.05 bits per heavy atom. The average molecular weight is 256 g/mol. The molecule has 0 saturated carbocycles. The Balaban J connectivity index is 1.81. The number of benzene rings is 1. The summed E-state index contributed by atoms with van der Waals surface area (Å²) in [6, 6.07) is 11.3. The van der Waals surface area contributed by atoms with Crippen LogP contribution in [0.3, 0.4) is 0 Å². The van der Waals surface area contributed by atoms with E-state index in [0.717, 1.165) is 24.5 Å². The van der Waals surface area contributed by atoms with Gasteiger partial charge in [-0.1, -0.05) is 35.5 Å². The monoisotopic (exact) mass is 256 g/mol. The lowest BCUT2D eigenvalue weighted by Crippen LogP contribution is -2.23. The maximum Gasteiger partial charge on any atom is 0.138 e. The number of hydrogen-bond donors (Lipinski definition) is 0. The molecule has 2 aromatic rings. The van der Waals surface area contributed by atoms with E-state index in [9.17, 15) is 0 Å². The fourth-order valence-electron chi connectivity index (χ4n) is 3.00. The lowest BCUT2D eigenvalue weighted by Gasteiger charge is -2.24. The lowest BCUT2D eigenvalue weighted by atomic mass is 10.0. The molecular weight excluding hydrogens is 236 g/mol. The molecule has 3 nitrogen and oxygen atoms in total. The van der Waals surface area contributed by atoms with Gasteiger partial charge in [0.1, 0.15) is 5.76 Å². The zero-order valence-electron chi connectivity index (χ0n) is 11.6. The van der Waals surface area contributed by atoms with Crippen LogP contribution in [0.1, 0.15) is 41.5 Å². The summed E-state index contributed by atoms with van der Waals surface area (Å²) in [4.78, 5) is 2.54. The van der Waals surface area contributed by atoms with Gasteiger partial charge >= 0.3 is 0 Å². The molecule has 2 heterocycles. The molecule has 3 heteroatoms. The van der Waals surface area contributed by atoms with Crippen LogP contribution in [0, 0.1) is 13.8 Å². The molecule has 0 radical (unpaired) electrons. The van der Waals surface area contributed by atoms with Gasteiger partial charge in [-0.3, -0.25) is 4.90 Å². The van der Waals surface area contributed by atoms with Gasteiger partial charge in [0, 0.05) is 18.2 Å². The summed E-state index contributed by atoms with van der Waals surface area (Å²) in [5, 5.41) is 4.05. The summed E-state index contributed by atoms with van der Waals surface area (Å²) in [5.41, 5.74) is 3.70. The SMILES string of the molecule is Cc1noc(C)c1CN1CCCC1c1ccccc1. The van der Waals surface area contributed by atoms with Crippen LogP contribution in [-0.4, -0.2) is 16.6 Å². The van der Waals surface area contributed by atoms with E-state index in [2.05, 4.69) is 40.4 Å². The van der Waals surface area contributed by atoms with Gasteiger partial charge in [0.15, 0.2) is 0 Å². The topological polar surface area (TPSA) is 29.3 Å². The Kier molecular flexibility index (Phi) is 3.38. The number of rotatable bonds is 3. The number of hydrogen-bond acceptors (Lipinski definition) is 3. The van der Waals surface area contributed by atoms with Gasteiger partial charge < -0.3 is 4.52 Å². The Bertz CT molecular complexity index is 528. The first kappa shape index (κ1) is 12.4. The van der Waals surface area contributed by atoms with Crippen LogP contribution in [0.15, 0.2) is 34.9 Å². The Labute approximate surface area is 114 Å². The van der Waals surface area contributed by atoms with Gasteiger partial charge in [0.25, 0.3) is 0 Å². The van der Waals surface area contributed by atoms with Gasteiger partial charge in [-0.25, -0.2) is 0 Å². The molecule has 1 aliphatic heterocycles. The first-order valence-corrected chi connectivity index (χ1v) is 6.96. The standard InChI is InChI=1S/C16H20N2O/c1-12-15(13(2)19-17-12)11-18-10-6-9-16(18)14-7-4-3-5-8-14/h3-5,7-8,16H,6,9-11H2,1-2H3. The van der Waals surface area contributed by atoms with Crippen molar-refractivity contribution in [3.8, 4) is 0 Å². The summed E-state index contributed by atoms with van der Waals surface area (Å²) < 4.78 is 5.27. The normalized spacial score (nSPS) is 20.0. The van der Waals surface area contributed by atoms with Crippen molar-refractivity contribution in [3.63, 3.8) is 0 Å². The van der Waals surface area contributed by atoms with Gasteiger partial charge in [0.05, 0.1) is 5.69 Å². The predicted molar refractivity (Wildman–Crippen MR) is 74.8 cm³/mol. The second-order valence-electron chi connectivity index (χ2n) is 5.34. The molecule has 1 aliphatic rings. The van der Waals surface area contributed by atoms with Crippen LogP contribution < -0.4 is 0 Å². The van der Waals surface area contributed by atoms with Crippen LogP contribution in [0.4, 0.5) is 0 Å². The molecule has 0 aliphatic carbocycles. The van der Waals surface area contributed by atoms with E-state index < -0.39 is 0 Å². The minimum Gasteiger partial charge on any atom is -0.361 e. The molecule has 0 bridgehead atoms. The van der Waals surface area contributed by atoms with Crippen molar-refractivity contribution in [2.24, 2.45) is 0 Å². The van der Waals surface area contributed by atoms with Gasteiger partial charge in [-0.2, -0.15) is 0 Å². The van der Waals surface area contributed by atoms with E-state index in [4.69, 9.17) is 4.52 Å².